The minimum Gasteiger partial charge on any atom is -0.322 e. The van der Waals surface area contributed by atoms with E-state index in [-0.39, 0.29) is 17.5 Å². The molecule has 0 bridgehead atoms. The number of rotatable bonds is 3. The largest absolute Gasteiger partial charge is 0.322 e. The third-order valence-electron chi connectivity index (χ3n) is 7.63. The number of para-hydroxylation sites is 1. The number of amidine groups is 1. The van der Waals surface area contributed by atoms with Crippen molar-refractivity contribution in [1.82, 2.24) is 4.90 Å². The van der Waals surface area contributed by atoms with E-state index in [0.717, 1.165) is 5.84 Å². The molecule has 2 atom stereocenters. The van der Waals surface area contributed by atoms with Crippen molar-refractivity contribution in [2.24, 2.45) is 4.99 Å². The SMILES string of the molecule is Cc1cc(C(C)(C)C)cc(C)c1N1[CH]N2C(=N[C@@H](c3ccccc3)[C@@H]2c2ccccc2)c2ccccc21. The van der Waals surface area contributed by atoms with Crippen LogP contribution in [0.3, 0.4) is 0 Å². The molecule has 6 rings (SSSR count). The molecule has 0 aromatic heterocycles. The lowest BCUT2D eigenvalue weighted by Gasteiger charge is -2.41. The number of nitrogens with zero attached hydrogens (tertiary/aromatic N) is 3. The van der Waals surface area contributed by atoms with Crippen LogP contribution in [-0.4, -0.2) is 10.7 Å². The van der Waals surface area contributed by atoms with Crippen LogP contribution in [0.5, 0.6) is 0 Å². The molecule has 0 fully saturated rings. The van der Waals surface area contributed by atoms with Gasteiger partial charge in [0.1, 0.15) is 18.5 Å². The Labute approximate surface area is 221 Å². The normalized spacial score (nSPS) is 18.9. The lowest BCUT2D eigenvalue weighted by Crippen LogP contribution is -2.41. The highest BCUT2D eigenvalue weighted by Gasteiger charge is 2.43. The number of fused-ring (bicyclic) bond motifs is 3. The van der Waals surface area contributed by atoms with Crippen LogP contribution in [0.15, 0.2) is 102 Å². The predicted molar refractivity (Wildman–Crippen MR) is 154 cm³/mol. The number of hydrogen-bond acceptors (Lipinski definition) is 3. The summed E-state index contributed by atoms with van der Waals surface area (Å²) in [5.74, 6) is 1.04. The van der Waals surface area contributed by atoms with E-state index in [4.69, 9.17) is 4.99 Å². The number of hydrogen-bond donors (Lipinski definition) is 0. The quantitative estimate of drug-likeness (QED) is 0.291. The van der Waals surface area contributed by atoms with E-state index in [1.165, 1.54) is 44.8 Å². The van der Waals surface area contributed by atoms with Crippen molar-refractivity contribution in [3.8, 4) is 0 Å². The summed E-state index contributed by atoms with van der Waals surface area (Å²) in [7, 11) is 0. The number of benzene rings is 4. The number of anilines is 2. The average Bonchev–Trinajstić information content (AvgIpc) is 3.28. The average molecular weight is 485 g/mol. The Morgan fingerprint density at radius 1 is 0.703 bits per heavy atom. The Kier molecular flexibility index (Phi) is 5.67. The van der Waals surface area contributed by atoms with Gasteiger partial charge in [-0.15, -0.1) is 0 Å². The summed E-state index contributed by atoms with van der Waals surface area (Å²) in [4.78, 5) is 10.2. The molecule has 0 amide bonds. The van der Waals surface area contributed by atoms with Crippen molar-refractivity contribution in [1.29, 1.82) is 0 Å². The molecule has 3 nitrogen and oxygen atoms in total. The summed E-state index contributed by atoms with van der Waals surface area (Å²) in [5.41, 5.74) is 10.1. The van der Waals surface area contributed by atoms with Gasteiger partial charge in [-0.3, -0.25) is 4.99 Å². The molecule has 2 aliphatic heterocycles. The van der Waals surface area contributed by atoms with Crippen molar-refractivity contribution >= 4 is 17.2 Å². The molecule has 0 unspecified atom stereocenters. The number of aliphatic imine (C=N–C) groups is 1. The van der Waals surface area contributed by atoms with Crippen LogP contribution < -0.4 is 4.90 Å². The molecule has 0 N–H and O–H groups in total. The van der Waals surface area contributed by atoms with Gasteiger partial charge in [0.25, 0.3) is 0 Å². The molecule has 4 aromatic carbocycles. The van der Waals surface area contributed by atoms with E-state index in [9.17, 15) is 0 Å². The van der Waals surface area contributed by atoms with Crippen molar-refractivity contribution in [2.75, 3.05) is 4.90 Å². The molecule has 4 aromatic rings. The van der Waals surface area contributed by atoms with Crippen molar-refractivity contribution in [2.45, 2.75) is 52.1 Å². The smallest absolute Gasteiger partial charge is 0.148 e. The maximum absolute atomic E-state index is 5.38. The molecule has 2 heterocycles. The second kappa shape index (κ2) is 8.92. The molecule has 37 heavy (non-hydrogen) atoms. The van der Waals surface area contributed by atoms with E-state index in [1.54, 1.807) is 0 Å². The molecular formula is C34H34N3. The van der Waals surface area contributed by atoms with E-state index in [1.807, 2.05) is 0 Å². The zero-order valence-corrected chi connectivity index (χ0v) is 22.3. The third-order valence-corrected chi connectivity index (χ3v) is 7.63. The topological polar surface area (TPSA) is 18.8 Å². The first-order valence-corrected chi connectivity index (χ1v) is 13.1. The Balaban J connectivity index is 1.52. The van der Waals surface area contributed by atoms with Gasteiger partial charge in [-0.1, -0.05) is 106 Å². The first-order chi connectivity index (χ1) is 17.8. The van der Waals surface area contributed by atoms with Crippen LogP contribution in [0, 0.1) is 20.5 Å². The molecular weight excluding hydrogens is 450 g/mol. The second-order valence-corrected chi connectivity index (χ2v) is 11.3. The zero-order valence-electron chi connectivity index (χ0n) is 22.3. The summed E-state index contributed by atoms with van der Waals surface area (Å²) in [6.07, 6.45) is 0. The van der Waals surface area contributed by atoms with Gasteiger partial charge < -0.3 is 9.80 Å². The van der Waals surface area contributed by atoms with Crippen LogP contribution >= 0.6 is 0 Å². The fourth-order valence-electron chi connectivity index (χ4n) is 5.79. The fourth-order valence-corrected chi connectivity index (χ4v) is 5.79. The third kappa shape index (κ3) is 4.03. The van der Waals surface area contributed by atoms with E-state index < -0.39 is 0 Å². The van der Waals surface area contributed by atoms with Gasteiger partial charge in [0.05, 0.1) is 11.7 Å². The summed E-state index contributed by atoms with van der Waals surface area (Å²) < 4.78 is 0. The van der Waals surface area contributed by atoms with E-state index in [2.05, 4.69) is 148 Å². The van der Waals surface area contributed by atoms with Crippen LogP contribution in [0.2, 0.25) is 0 Å². The van der Waals surface area contributed by atoms with E-state index in [0.29, 0.717) is 0 Å². The molecule has 0 saturated carbocycles. The van der Waals surface area contributed by atoms with Crippen LogP contribution in [0.4, 0.5) is 11.4 Å². The lowest BCUT2D eigenvalue weighted by molar-refractivity contribution is 0.357. The minimum absolute atomic E-state index is 0.00770. The summed E-state index contributed by atoms with van der Waals surface area (Å²) >= 11 is 0. The van der Waals surface area contributed by atoms with Crippen molar-refractivity contribution < 1.29 is 0 Å². The van der Waals surface area contributed by atoms with Gasteiger partial charge in [-0.05, 0) is 59.2 Å². The predicted octanol–water partition coefficient (Wildman–Crippen LogP) is 8.42. The summed E-state index contributed by atoms with van der Waals surface area (Å²) in [6, 6.07) is 35.0. The van der Waals surface area contributed by atoms with Gasteiger partial charge >= 0.3 is 0 Å². The first kappa shape index (κ1) is 23.5. The van der Waals surface area contributed by atoms with Crippen LogP contribution in [0.1, 0.15) is 66.2 Å². The van der Waals surface area contributed by atoms with E-state index >= 15 is 0 Å². The van der Waals surface area contributed by atoms with Gasteiger partial charge in [-0.25, -0.2) is 0 Å². The first-order valence-electron chi connectivity index (χ1n) is 13.1. The molecule has 0 aliphatic carbocycles. The molecule has 0 saturated heterocycles. The highest BCUT2D eigenvalue weighted by molar-refractivity contribution is 6.08. The molecule has 185 valence electrons. The maximum Gasteiger partial charge on any atom is 0.148 e. The minimum atomic E-state index is 0.00770. The highest BCUT2D eigenvalue weighted by atomic mass is 15.4. The standard InChI is InChI=1S/C34H34N3/c1-23-20-27(34(3,4)5)21-24(2)31(23)36-22-37-32(26-16-10-7-11-17-26)30(25-14-8-6-9-15-25)35-33(37)28-18-12-13-19-29(28)36/h6-22,30,32H,1-5H3/t30-,32-/m0/s1. The second-order valence-electron chi connectivity index (χ2n) is 11.3. The van der Waals surface area contributed by atoms with Gasteiger partial charge in [0, 0.05) is 11.3 Å². The molecule has 2 aliphatic rings. The Hall–Kier alpha value is -3.85. The Bertz CT molecular complexity index is 1440. The molecule has 1 radical (unpaired) electrons. The molecule has 3 heteroatoms. The Morgan fingerprint density at radius 2 is 1.27 bits per heavy atom. The monoisotopic (exact) mass is 484 g/mol. The van der Waals surface area contributed by atoms with Crippen LogP contribution in [-0.2, 0) is 5.41 Å². The maximum atomic E-state index is 5.38. The van der Waals surface area contributed by atoms with Crippen molar-refractivity contribution in [3.05, 3.63) is 137 Å². The highest BCUT2D eigenvalue weighted by Crippen LogP contribution is 2.50. The Morgan fingerprint density at radius 3 is 1.89 bits per heavy atom. The lowest BCUT2D eigenvalue weighted by atomic mass is 9.84. The fraction of sp³-hybridized carbons (Fsp3) is 0.235. The number of aryl methyl sites for hydroxylation is 2. The van der Waals surface area contributed by atoms with Crippen molar-refractivity contribution in [3.63, 3.8) is 0 Å². The van der Waals surface area contributed by atoms with Crippen LogP contribution in [0.25, 0.3) is 0 Å². The summed E-state index contributed by atoms with van der Waals surface area (Å²) in [6.45, 7) is 13.6. The summed E-state index contributed by atoms with van der Waals surface area (Å²) in [5, 5.41) is 0. The zero-order chi connectivity index (χ0) is 25.7. The van der Waals surface area contributed by atoms with Gasteiger partial charge in [0.2, 0.25) is 0 Å². The van der Waals surface area contributed by atoms with Gasteiger partial charge in [-0.2, -0.15) is 0 Å². The molecule has 0 spiro atoms. The van der Waals surface area contributed by atoms with Gasteiger partial charge in [0.15, 0.2) is 0 Å².